The van der Waals surface area contributed by atoms with Gasteiger partial charge in [0.05, 0.1) is 23.6 Å². The first-order chi connectivity index (χ1) is 17.0. The Balaban J connectivity index is 1.27. The zero-order chi connectivity index (χ0) is 23.9. The number of hydrogen-bond donors (Lipinski definition) is 1. The van der Waals surface area contributed by atoms with E-state index in [0.29, 0.717) is 22.4 Å². The third kappa shape index (κ3) is 4.18. The Morgan fingerprint density at radius 1 is 0.886 bits per heavy atom. The van der Waals surface area contributed by atoms with Crippen molar-refractivity contribution in [2.75, 3.05) is 43.4 Å². The van der Waals surface area contributed by atoms with Gasteiger partial charge >= 0.3 is 0 Å². The number of rotatable bonds is 4. The van der Waals surface area contributed by atoms with Gasteiger partial charge in [-0.3, -0.25) is 0 Å². The number of imidazole rings is 1. The van der Waals surface area contributed by atoms with Crippen molar-refractivity contribution in [2.24, 2.45) is 0 Å². The molecule has 5 heterocycles. The molecular formula is C25H26F2N8. The van der Waals surface area contributed by atoms with Crippen molar-refractivity contribution in [3.05, 3.63) is 54.1 Å². The molecule has 6 rings (SSSR count). The van der Waals surface area contributed by atoms with E-state index in [-0.39, 0.29) is 11.6 Å². The molecule has 35 heavy (non-hydrogen) atoms. The minimum atomic E-state index is -0.619. The maximum Gasteiger partial charge on any atom is 0.229 e. The van der Waals surface area contributed by atoms with Gasteiger partial charge in [-0.1, -0.05) is 0 Å². The van der Waals surface area contributed by atoms with Crippen LogP contribution in [0.3, 0.4) is 0 Å². The lowest BCUT2D eigenvalue weighted by Gasteiger charge is -2.33. The van der Waals surface area contributed by atoms with Gasteiger partial charge in [0.15, 0.2) is 11.6 Å². The SMILES string of the molecule is CN1CCN(c2ccc(Nc3ncc(F)c(-c4cc(F)c5nc6n(c5c4)CCCC6)n3)nc2)CC1. The van der Waals surface area contributed by atoms with Crippen LogP contribution in [0.25, 0.3) is 22.3 Å². The normalized spacial score (nSPS) is 16.5. The highest BCUT2D eigenvalue weighted by molar-refractivity contribution is 5.83. The number of aromatic nitrogens is 5. The Morgan fingerprint density at radius 3 is 2.54 bits per heavy atom. The van der Waals surface area contributed by atoms with Crippen LogP contribution in [-0.4, -0.2) is 62.6 Å². The maximum absolute atomic E-state index is 14.9. The second-order valence-corrected chi connectivity index (χ2v) is 9.17. The summed E-state index contributed by atoms with van der Waals surface area (Å²) in [6.07, 6.45) is 5.78. The highest BCUT2D eigenvalue weighted by Crippen LogP contribution is 2.31. The molecule has 0 radical (unpaired) electrons. The van der Waals surface area contributed by atoms with Crippen LogP contribution in [0.1, 0.15) is 18.7 Å². The standard InChI is InChI=1S/C25H26F2N8/c1-33-8-10-34(11-9-33)17-5-6-21(28-14-17)30-25-29-15-19(27)23(32-25)16-12-18(26)24-20(13-16)35-7-3-2-4-22(35)31-24/h5-6,12-15H,2-4,7-11H2,1H3,(H,28,29,30,32). The number of pyridine rings is 1. The van der Waals surface area contributed by atoms with Gasteiger partial charge in [-0.25, -0.2) is 28.7 Å². The molecule has 10 heteroatoms. The molecule has 0 spiro atoms. The molecule has 2 aliphatic heterocycles. The van der Waals surface area contributed by atoms with Crippen LogP contribution in [0.4, 0.5) is 26.2 Å². The molecule has 4 aromatic rings. The number of benzene rings is 1. The van der Waals surface area contributed by atoms with Gasteiger partial charge in [-0.15, -0.1) is 0 Å². The summed E-state index contributed by atoms with van der Waals surface area (Å²) in [4.78, 5) is 21.9. The van der Waals surface area contributed by atoms with E-state index >= 15 is 0 Å². The van der Waals surface area contributed by atoms with Crippen LogP contribution in [0.5, 0.6) is 0 Å². The van der Waals surface area contributed by atoms with E-state index < -0.39 is 11.6 Å². The predicted octanol–water partition coefficient (Wildman–Crippen LogP) is 4.00. The van der Waals surface area contributed by atoms with E-state index in [1.54, 1.807) is 6.07 Å². The lowest BCUT2D eigenvalue weighted by atomic mass is 10.1. The monoisotopic (exact) mass is 476 g/mol. The fourth-order valence-corrected chi connectivity index (χ4v) is 4.82. The molecule has 3 aromatic heterocycles. The molecule has 0 aliphatic carbocycles. The third-order valence-corrected chi connectivity index (χ3v) is 6.79. The average Bonchev–Trinajstić information content (AvgIpc) is 3.26. The number of likely N-dealkylation sites (N-methyl/N-ethyl adjacent to an activating group) is 1. The summed E-state index contributed by atoms with van der Waals surface area (Å²) < 4.78 is 31.7. The lowest BCUT2D eigenvalue weighted by molar-refractivity contribution is 0.313. The van der Waals surface area contributed by atoms with Gasteiger partial charge in [0, 0.05) is 44.7 Å². The number of anilines is 3. The van der Waals surface area contributed by atoms with Gasteiger partial charge in [-0.2, -0.15) is 0 Å². The molecule has 0 amide bonds. The third-order valence-electron chi connectivity index (χ3n) is 6.79. The van der Waals surface area contributed by atoms with Crippen molar-refractivity contribution in [3.8, 4) is 11.3 Å². The number of piperazine rings is 1. The quantitative estimate of drug-likeness (QED) is 0.477. The smallest absolute Gasteiger partial charge is 0.229 e. The van der Waals surface area contributed by atoms with E-state index in [1.165, 1.54) is 6.07 Å². The number of hydrogen-bond acceptors (Lipinski definition) is 7. The van der Waals surface area contributed by atoms with Gasteiger partial charge in [-0.05, 0) is 44.2 Å². The van der Waals surface area contributed by atoms with Gasteiger partial charge in [0.2, 0.25) is 5.95 Å². The highest BCUT2D eigenvalue weighted by Gasteiger charge is 2.20. The molecule has 8 nitrogen and oxygen atoms in total. The first-order valence-corrected chi connectivity index (χ1v) is 11.9. The fraction of sp³-hybridized carbons (Fsp3) is 0.360. The van der Waals surface area contributed by atoms with Crippen molar-refractivity contribution < 1.29 is 8.78 Å². The minimum absolute atomic E-state index is 0.0312. The second-order valence-electron chi connectivity index (χ2n) is 9.17. The predicted molar refractivity (Wildman–Crippen MR) is 131 cm³/mol. The first-order valence-electron chi connectivity index (χ1n) is 11.9. The molecule has 1 aromatic carbocycles. The molecule has 0 saturated carbocycles. The van der Waals surface area contributed by atoms with Crippen LogP contribution < -0.4 is 10.2 Å². The highest BCUT2D eigenvalue weighted by atomic mass is 19.1. The summed E-state index contributed by atoms with van der Waals surface area (Å²) in [7, 11) is 2.12. The first kappa shape index (κ1) is 21.8. The van der Waals surface area contributed by atoms with Crippen LogP contribution in [0.15, 0.2) is 36.7 Å². The Morgan fingerprint density at radius 2 is 1.74 bits per heavy atom. The van der Waals surface area contributed by atoms with Crippen molar-refractivity contribution in [2.45, 2.75) is 25.8 Å². The number of nitrogens with one attached hydrogen (secondary N) is 1. The second kappa shape index (κ2) is 8.84. The van der Waals surface area contributed by atoms with Crippen LogP contribution in [-0.2, 0) is 13.0 Å². The summed E-state index contributed by atoms with van der Waals surface area (Å²) in [6, 6.07) is 6.90. The van der Waals surface area contributed by atoms with Gasteiger partial charge < -0.3 is 19.7 Å². The van der Waals surface area contributed by atoms with E-state index in [9.17, 15) is 8.78 Å². The Labute approximate surface area is 201 Å². The van der Waals surface area contributed by atoms with E-state index in [1.807, 2.05) is 22.9 Å². The fourth-order valence-electron chi connectivity index (χ4n) is 4.82. The number of fused-ring (bicyclic) bond motifs is 3. The van der Waals surface area contributed by atoms with E-state index in [0.717, 1.165) is 69.7 Å². The van der Waals surface area contributed by atoms with Gasteiger partial charge in [0.1, 0.15) is 22.9 Å². The Kier molecular flexibility index (Phi) is 5.52. The topological polar surface area (TPSA) is 75.0 Å². The van der Waals surface area contributed by atoms with Crippen molar-refractivity contribution >= 4 is 28.5 Å². The molecule has 1 N–H and O–H groups in total. The summed E-state index contributed by atoms with van der Waals surface area (Å²) in [6.45, 7) is 4.72. The summed E-state index contributed by atoms with van der Waals surface area (Å²) in [5, 5.41) is 3.04. The Hall–Kier alpha value is -3.66. The average molecular weight is 477 g/mol. The van der Waals surface area contributed by atoms with Crippen LogP contribution in [0, 0.1) is 11.6 Å². The zero-order valence-electron chi connectivity index (χ0n) is 19.5. The molecular weight excluding hydrogens is 450 g/mol. The number of aryl methyl sites for hydroxylation is 2. The van der Waals surface area contributed by atoms with E-state index in [2.05, 4.69) is 42.1 Å². The molecule has 0 atom stereocenters. The summed E-state index contributed by atoms with van der Waals surface area (Å²) in [5.74, 6) is 0.516. The molecule has 1 fully saturated rings. The number of nitrogens with zero attached hydrogens (tertiary/aromatic N) is 7. The van der Waals surface area contributed by atoms with Crippen molar-refractivity contribution in [3.63, 3.8) is 0 Å². The molecule has 0 bridgehead atoms. The number of halogens is 2. The molecule has 2 aliphatic rings. The zero-order valence-corrected chi connectivity index (χ0v) is 19.5. The minimum Gasteiger partial charge on any atom is -0.368 e. The van der Waals surface area contributed by atoms with Crippen LogP contribution >= 0.6 is 0 Å². The summed E-state index contributed by atoms with van der Waals surface area (Å²) in [5.41, 5.74) is 2.43. The van der Waals surface area contributed by atoms with Gasteiger partial charge in [0.25, 0.3) is 0 Å². The summed E-state index contributed by atoms with van der Waals surface area (Å²) >= 11 is 0. The maximum atomic E-state index is 14.9. The van der Waals surface area contributed by atoms with Crippen molar-refractivity contribution in [1.82, 2.24) is 29.4 Å². The molecule has 180 valence electrons. The van der Waals surface area contributed by atoms with E-state index in [4.69, 9.17) is 0 Å². The van der Waals surface area contributed by atoms with Crippen molar-refractivity contribution in [1.29, 1.82) is 0 Å². The largest absolute Gasteiger partial charge is 0.368 e. The molecule has 0 unspecified atom stereocenters. The Bertz CT molecular complexity index is 1380. The lowest BCUT2D eigenvalue weighted by Crippen LogP contribution is -2.44. The molecule has 1 saturated heterocycles. The van der Waals surface area contributed by atoms with Crippen LogP contribution in [0.2, 0.25) is 0 Å².